The minimum Gasteiger partial charge on any atom is -0.497 e. The van der Waals surface area contributed by atoms with E-state index in [1.165, 1.54) is 0 Å². The number of nitrogens with one attached hydrogen (secondary N) is 1. The van der Waals surface area contributed by atoms with Gasteiger partial charge in [-0.25, -0.2) is 0 Å². The summed E-state index contributed by atoms with van der Waals surface area (Å²) in [6.45, 7) is 2.93. The summed E-state index contributed by atoms with van der Waals surface area (Å²) in [5.74, 6) is 0.553. The van der Waals surface area contributed by atoms with E-state index in [4.69, 9.17) is 13.9 Å². The molecule has 0 bridgehead atoms. The predicted octanol–water partition coefficient (Wildman–Crippen LogP) is 3.39. The van der Waals surface area contributed by atoms with E-state index in [1.54, 1.807) is 65.6 Å². The van der Waals surface area contributed by atoms with Crippen LogP contribution in [0.15, 0.2) is 71.3 Å². The molecule has 5 rings (SSSR count). The number of likely N-dealkylation sites (tertiary alicyclic amines) is 1. The number of rotatable bonds is 6. The summed E-state index contributed by atoms with van der Waals surface area (Å²) in [5, 5.41) is 2.88. The van der Waals surface area contributed by atoms with E-state index >= 15 is 0 Å². The van der Waals surface area contributed by atoms with Crippen molar-refractivity contribution in [2.45, 2.75) is 38.1 Å². The standard InChI is InChI=1S/C29H31N3O6/c1-20-7-3-4-11-24(20)28(35)32-25(26(33)30-18-23-10-6-16-37-23)19-38-29(32)12-14-31(15-13-29)27(34)21-8-5-9-22(17-21)36-2/h3-11,16-17,25H,12-15,18-19H2,1-2H3,(H,30,33). The second-order valence-electron chi connectivity index (χ2n) is 9.58. The number of nitrogens with zero attached hydrogens (tertiary/aromatic N) is 2. The Labute approximate surface area is 221 Å². The third-order valence-corrected chi connectivity index (χ3v) is 7.32. The Kier molecular flexibility index (Phi) is 7.20. The summed E-state index contributed by atoms with van der Waals surface area (Å²) in [5.41, 5.74) is 0.892. The number of benzene rings is 2. The van der Waals surface area contributed by atoms with Crippen molar-refractivity contribution in [2.75, 3.05) is 26.8 Å². The molecule has 1 N–H and O–H groups in total. The van der Waals surface area contributed by atoms with Crippen molar-refractivity contribution in [1.29, 1.82) is 0 Å². The summed E-state index contributed by atoms with van der Waals surface area (Å²) in [4.78, 5) is 43.8. The molecule has 1 unspecified atom stereocenters. The van der Waals surface area contributed by atoms with Gasteiger partial charge in [0.1, 0.15) is 23.3 Å². The van der Waals surface area contributed by atoms with Crippen LogP contribution in [0, 0.1) is 6.92 Å². The molecule has 38 heavy (non-hydrogen) atoms. The number of carbonyl (C=O) groups is 3. The second-order valence-corrected chi connectivity index (χ2v) is 9.58. The smallest absolute Gasteiger partial charge is 0.257 e. The molecular formula is C29H31N3O6. The molecule has 2 fully saturated rings. The van der Waals surface area contributed by atoms with Gasteiger partial charge in [-0.05, 0) is 48.9 Å². The molecule has 0 aliphatic carbocycles. The van der Waals surface area contributed by atoms with Gasteiger partial charge in [-0.15, -0.1) is 0 Å². The highest BCUT2D eigenvalue weighted by Gasteiger charge is 2.54. The van der Waals surface area contributed by atoms with Gasteiger partial charge < -0.3 is 24.1 Å². The van der Waals surface area contributed by atoms with Crippen LogP contribution in [0.3, 0.4) is 0 Å². The van der Waals surface area contributed by atoms with Crippen LogP contribution in [0.5, 0.6) is 5.75 Å². The number of furan rings is 1. The van der Waals surface area contributed by atoms with Gasteiger partial charge in [-0.1, -0.05) is 24.3 Å². The molecular weight excluding hydrogens is 486 g/mol. The summed E-state index contributed by atoms with van der Waals surface area (Å²) >= 11 is 0. The molecule has 2 aliphatic rings. The van der Waals surface area contributed by atoms with Crippen LogP contribution in [-0.4, -0.2) is 66.1 Å². The van der Waals surface area contributed by atoms with E-state index in [9.17, 15) is 14.4 Å². The molecule has 2 aliphatic heterocycles. The van der Waals surface area contributed by atoms with Gasteiger partial charge >= 0.3 is 0 Å². The van der Waals surface area contributed by atoms with Gasteiger partial charge in [0.15, 0.2) is 0 Å². The predicted molar refractivity (Wildman–Crippen MR) is 139 cm³/mol. The lowest BCUT2D eigenvalue weighted by Gasteiger charge is -2.44. The largest absolute Gasteiger partial charge is 0.497 e. The Hall–Kier alpha value is -4.11. The van der Waals surface area contributed by atoms with Crippen LogP contribution >= 0.6 is 0 Å². The highest BCUT2D eigenvalue weighted by Crippen LogP contribution is 2.39. The van der Waals surface area contributed by atoms with Gasteiger partial charge in [0.25, 0.3) is 11.8 Å². The zero-order valence-electron chi connectivity index (χ0n) is 21.5. The molecule has 2 aromatic carbocycles. The maximum absolute atomic E-state index is 13.9. The van der Waals surface area contributed by atoms with E-state index in [1.807, 2.05) is 25.1 Å². The fourth-order valence-electron chi connectivity index (χ4n) is 5.21. The van der Waals surface area contributed by atoms with E-state index in [-0.39, 0.29) is 30.9 Å². The molecule has 198 valence electrons. The normalized spacial score (nSPS) is 18.4. The van der Waals surface area contributed by atoms with Gasteiger partial charge in [-0.2, -0.15) is 0 Å². The van der Waals surface area contributed by atoms with Crippen LogP contribution in [-0.2, 0) is 16.1 Å². The molecule has 3 aromatic rings. The Bertz CT molecular complexity index is 1310. The molecule has 1 atom stereocenters. The highest BCUT2D eigenvalue weighted by molar-refractivity contribution is 5.99. The minimum atomic E-state index is -0.989. The third kappa shape index (κ3) is 4.89. The van der Waals surface area contributed by atoms with Gasteiger partial charge in [0, 0.05) is 37.1 Å². The molecule has 3 amide bonds. The maximum Gasteiger partial charge on any atom is 0.257 e. The van der Waals surface area contributed by atoms with Crippen molar-refractivity contribution in [2.24, 2.45) is 0 Å². The molecule has 2 saturated heterocycles. The van der Waals surface area contributed by atoms with Crippen LogP contribution < -0.4 is 10.1 Å². The topological polar surface area (TPSA) is 101 Å². The van der Waals surface area contributed by atoms with Gasteiger partial charge in [0.2, 0.25) is 5.91 Å². The van der Waals surface area contributed by atoms with Crippen LogP contribution in [0.25, 0.3) is 0 Å². The maximum atomic E-state index is 13.9. The van der Waals surface area contributed by atoms with Crippen LogP contribution in [0.1, 0.15) is 44.9 Å². The van der Waals surface area contributed by atoms with E-state index in [2.05, 4.69) is 5.32 Å². The molecule has 3 heterocycles. The Morgan fingerprint density at radius 2 is 1.82 bits per heavy atom. The summed E-state index contributed by atoms with van der Waals surface area (Å²) in [7, 11) is 1.56. The number of piperidine rings is 1. The average Bonchev–Trinajstić information content (AvgIpc) is 3.60. The SMILES string of the molecule is COc1cccc(C(=O)N2CCC3(CC2)OCC(C(=O)NCc2ccco2)N3C(=O)c2ccccc2C)c1. The number of carbonyl (C=O) groups excluding carboxylic acids is 3. The number of methoxy groups -OCH3 is 1. The van der Waals surface area contributed by atoms with Crippen molar-refractivity contribution in [3.8, 4) is 5.75 Å². The second kappa shape index (κ2) is 10.7. The third-order valence-electron chi connectivity index (χ3n) is 7.32. The number of amides is 3. The molecule has 0 radical (unpaired) electrons. The van der Waals surface area contributed by atoms with Crippen LogP contribution in [0.2, 0.25) is 0 Å². The first-order valence-corrected chi connectivity index (χ1v) is 12.7. The number of hydrogen-bond donors (Lipinski definition) is 1. The fraction of sp³-hybridized carbons (Fsp3) is 0.345. The van der Waals surface area contributed by atoms with Crippen molar-refractivity contribution in [3.63, 3.8) is 0 Å². The number of hydrogen-bond acceptors (Lipinski definition) is 6. The molecule has 1 spiro atoms. The van der Waals surface area contributed by atoms with Crippen molar-refractivity contribution in [1.82, 2.24) is 15.1 Å². The minimum absolute atomic E-state index is 0.0748. The van der Waals surface area contributed by atoms with E-state index in [0.29, 0.717) is 48.6 Å². The Balaban J connectivity index is 1.37. The zero-order chi connectivity index (χ0) is 26.7. The number of ether oxygens (including phenoxy) is 2. The van der Waals surface area contributed by atoms with Gasteiger partial charge in [0.05, 0.1) is 26.5 Å². The lowest BCUT2D eigenvalue weighted by atomic mass is 9.95. The lowest BCUT2D eigenvalue weighted by Crippen LogP contribution is -2.59. The first-order chi connectivity index (χ1) is 18.4. The molecule has 0 saturated carbocycles. The van der Waals surface area contributed by atoms with E-state index < -0.39 is 11.8 Å². The van der Waals surface area contributed by atoms with Crippen molar-refractivity contribution in [3.05, 3.63) is 89.4 Å². The average molecular weight is 518 g/mol. The first-order valence-electron chi connectivity index (χ1n) is 12.7. The highest BCUT2D eigenvalue weighted by atomic mass is 16.5. The monoisotopic (exact) mass is 517 g/mol. The van der Waals surface area contributed by atoms with Crippen molar-refractivity contribution >= 4 is 17.7 Å². The van der Waals surface area contributed by atoms with Crippen LogP contribution in [0.4, 0.5) is 0 Å². The summed E-state index contributed by atoms with van der Waals surface area (Å²) in [6.07, 6.45) is 2.33. The molecule has 9 heteroatoms. The summed E-state index contributed by atoms with van der Waals surface area (Å²) in [6, 6.07) is 17.1. The fourth-order valence-corrected chi connectivity index (χ4v) is 5.21. The number of aryl methyl sites for hydroxylation is 1. The Morgan fingerprint density at radius 3 is 2.53 bits per heavy atom. The van der Waals surface area contributed by atoms with Crippen molar-refractivity contribution < 1.29 is 28.3 Å². The molecule has 1 aromatic heterocycles. The molecule has 9 nitrogen and oxygen atoms in total. The summed E-state index contributed by atoms with van der Waals surface area (Å²) < 4.78 is 16.9. The van der Waals surface area contributed by atoms with E-state index in [0.717, 1.165) is 5.56 Å². The zero-order valence-corrected chi connectivity index (χ0v) is 21.5. The lowest BCUT2D eigenvalue weighted by molar-refractivity contribution is -0.128. The quantitative estimate of drug-likeness (QED) is 0.538. The first kappa shape index (κ1) is 25.5. The Morgan fingerprint density at radius 1 is 1.03 bits per heavy atom. The van der Waals surface area contributed by atoms with Gasteiger partial charge in [-0.3, -0.25) is 19.3 Å².